The summed E-state index contributed by atoms with van der Waals surface area (Å²) < 4.78 is 25.2. The van der Waals surface area contributed by atoms with Gasteiger partial charge in [-0.05, 0) is 43.3 Å². The Hall–Kier alpha value is -4.53. The van der Waals surface area contributed by atoms with Crippen molar-refractivity contribution in [2.24, 2.45) is 0 Å². The van der Waals surface area contributed by atoms with Crippen molar-refractivity contribution in [1.29, 1.82) is 0 Å². The van der Waals surface area contributed by atoms with Crippen molar-refractivity contribution in [3.63, 3.8) is 0 Å². The summed E-state index contributed by atoms with van der Waals surface area (Å²) in [6.07, 6.45) is 3.44. The summed E-state index contributed by atoms with van der Waals surface area (Å²) in [6.45, 7) is 2.09. The van der Waals surface area contributed by atoms with E-state index in [2.05, 4.69) is 10.1 Å². The number of hydrogen-bond acceptors (Lipinski definition) is 7. The molecule has 0 amide bonds. The molecule has 9 nitrogen and oxygen atoms in total. The van der Waals surface area contributed by atoms with E-state index in [4.69, 9.17) is 18.6 Å². The maximum Gasteiger partial charge on any atom is 0.276 e. The van der Waals surface area contributed by atoms with Gasteiger partial charge in [-0.25, -0.2) is 9.50 Å². The first-order valence-corrected chi connectivity index (χ1v) is 10.9. The number of para-hydroxylation sites is 1. The second-order valence-electron chi connectivity index (χ2n) is 7.88. The van der Waals surface area contributed by atoms with E-state index in [0.29, 0.717) is 45.8 Å². The standard InChI is InChI=1S/C26H24N4O5/c1-16-20(27-25(35-16)18-7-5-6-8-22(18)32-2)15-29-11-12-30-21(26(29)31)14-19(28-30)17-9-10-23(33-3)24(13-17)34-4/h5-14H,15H2,1-4H3. The minimum absolute atomic E-state index is 0.187. The van der Waals surface area contributed by atoms with E-state index in [-0.39, 0.29) is 12.1 Å². The molecule has 0 aliphatic rings. The van der Waals surface area contributed by atoms with Crippen molar-refractivity contribution in [2.75, 3.05) is 21.3 Å². The third kappa shape index (κ3) is 4.01. The zero-order chi connectivity index (χ0) is 24.5. The molecule has 3 heterocycles. The van der Waals surface area contributed by atoms with Gasteiger partial charge in [-0.2, -0.15) is 5.10 Å². The van der Waals surface area contributed by atoms with Gasteiger partial charge in [-0.1, -0.05) is 12.1 Å². The molecule has 2 aromatic carbocycles. The largest absolute Gasteiger partial charge is 0.496 e. The van der Waals surface area contributed by atoms with Gasteiger partial charge >= 0.3 is 0 Å². The quantitative estimate of drug-likeness (QED) is 0.350. The number of oxazole rings is 1. The zero-order valence-corrected chi connectivity index (χ0v) is 19.8. The summed E-state index contributed by atoms with van der Waals surface area (Å²) in [6, 6.07) is 14.8. The summed E-state index contributed by atoms with van der Waals surface area (Å²) in [4.78, 5) is 17.9. The van der Waals surface area contributed by atoms with Crippen molar-refractivity contribution in [3.05, 3.63) is 82.7 Å². The number of aryl methyl sites for hydroxylation is 1. The highest BCUT2D eigenvalue weighted by Crippen LogP contribution is 2.32. The first-order valence-electron chi connectivity index (χ1n) is 10.9. The molecule has 0 bridgehead atoms. The molecule has 0 unspecified atom stereocenters. The Bertz CT molecular complexity index is 1580. The Morgan fingerprint density at radius 2 is 1.69 bits per heavy atom. The molecule has 0 saturated carbocycles. The fourth-order valence-electron chi connectivity index (χ4n) is 3.96. The average Bonchev–Trinajstić information content (AvgIpc) is 3.49. The van der Waals surface area contributed by atoms with Crippen LogP contribution in [0.25, 0.3) is 28.2 Å². The Morgan fingerprint density at radius 1 is 0.914 bits per heavy atom. The van der Waals surface area contributed by atoms with Crippen LogP contribution in [0.3, 0.4) is 0 Å². The number of benzene rings is 2. The predicted molar refractivity (Wildman–Crippen MR) is 130 cm³/mol. The number of hydrogen-bond donors (Lipinski definition) is 0. The summed E-state index contributed by atoms with van der Waals surface area (Å²) in [5, 5.41) is 4.56. The van der Waals surface area contributed by atoms with Gasteiger partial charge in [-0.15, -0.1) is 0 Å². The molecule has 0 N–H and O–H groups in total. The Kier molecular flexibility index (Phi) is 5.74. The van der Waals surface area contributed by atoms with Crippen LogP contribution in [0, 0.1) is 6.92 Å². The number of fused-ring (bicyclic) bond motifs is 1. The third-order valence-electron chi connectivity index (χ3n) is 5.83. The van der Waals surface area contributed by atoms with E-state index >= 15 is 0 Å². The summed E-state index contributed by atoms with van der Waals surface area (Å²) in [5.41, 5.74) is 3.14. The van der Waals surface area contributed by atoms with Gasteiger partial charge in [0, 0.05) is 18.0 Å². The predicted octanol–water partition coefficient (Wildman–Crippen LogP) is 4.20. The van der Waals surface area contributed by atoms with Crippen LogP contribution in [-0.4, -0.2) is 40.5 Å². The monoisotopic (exact) mass is 472 g/mol. The Balaban J connectivity index is 1.49. The highest BCUT2D eigenvalue weighted by molar-refractivity contribution is 5.68. The number of ether oxygens (including phenoxy) is 3. The number of methoxy groups -OCH3 is 3. The highest BCUT2D eigenvalue weighted by Gasteiger charge is 2.17. The van der Waals surface area contributed by atoms with Crippen LogP contribution in [0.15, 0.2) is 70.1 Å². The van der Waals surface area contributed by atoms with Gasteiger partial charge in [-0.3, -0.25) is 4.79 Å². The normalized spacial score (nSPS) is 11.1. The van der Waals surface area contributed by atoms with E-state index in [1.165, 1.54) is 0 Å². The van der Waals surface area contributed by atoms with E-state index < -0.39 is 0 Å². The lowest BCUT2D eigenvalue weighted by molar-refractivity contribution is 0.355. The molecular weight excluding hydrogens is 448 g/mol. The average molecular weight is 473 g/mol. The van der Waals surface area contributed by atoms with Crippen molar-refractivity contribution in [1.82, 2.24) is 19.2 Å². The minimum atomic E-state index is -0.187. The Labute approximate surface area is 201 Å². The smallest absolute Gasteiger partial charge is 0.276 e. The van der Waals surface area contributed by atoms with Crippen molar-refractivity contribution < 1.29 is 18.6 Å². The lowest BCUT2D eigenvalue weighted by atomic mass is 10.1. The van der Waals surface area contributed by atoms with Crippen LogP contribution in [0.2, 0.25) is 0 Å². The molecule has 5 rings (SSSR count). The molecule has 178 valence electrons. The van der Waals surface area contributed by atoms with E-state index in [1.807, 2.05) is 49.4 Å². The lowest BCUT2D eigenvalue weighted by Crippen LogP contribution is -2.22. The van der Waals surface area contributed by atoms with Crippen LogP contribution in [0.1, 0.15) is 11.5 Å². The second kappa shape index (κ2) is 9.02. The molecular formula is C26H24N4O5. The molecule has 0 fully saturated rings. The number of aromatic nitrogens is 4. The molecule has 0 aliphatic heterocycles. The maximum atomic E-state index is 13.3. The van der Waals surface area contributed by atoms with Gasteiger partial charge in [0.2, 0.25) is 5.89 Å². The Morgan fingerprint density at radius 3 is 2.46 bits per heavy atom. The van der Waals surface area contributed by atoms with Gasteiger partial charge in [0.15, 0.2) is 11.5 Å². The van der Waals surface area contributed by atoms with E-state index in [0.717, 1.165) is 11.1 Å². The fourth-order valence-corrected chi connectivity index (χ4v) is 3.96. The second-order valence-corrected chi connectivity index (χ2v) is 7.88. The summed E-state index contributed by atoms with van der Waals surface area (Å²) in [5.74, 6) is 2.96. The maximum absolute atomic E-state index is 13.3. The van der Waals surface area contributed by atoms with Crippen LogP contribution < -0.4 is 19.8 Å². The van der Waals surface area contributed by atoms with Crippen LogP contribution in [-0.2, 0) is 6.54 Å². The lowest BCUT2D eigenvalue weighted by Gasteiger charge is -2.08. The molecule has 0 aliphatic carbocycles. The summed E-state index contributed by atoms with van der Waals surface area (Å²) in [7, 11) is 4.77. The van der Waals surface area contributed by atoms with Crippen molar-refractivity contribution in [3.8, 4) is 40.0 Å². The molecule has 35 heavy (non-hydrogen) atoms. The fraction of sp³-hybridized carbons (Fsp3) is 0.192. The van der Waals surface area contributed by atoms with Crippen molar-refractivity contribution >= 4 is 5.52 Å². The number of rotatable bonds is 7. The molecule has 9 heteroatoms. The number of nitrogens with zero attached hydrogens (tertiary/aromatic N) is 4. The molecule has 0 atom stereocenters. The van der Waals surface area contributed by atoms with Crippen LogP contribution in [0.5, 0.6) is 17.2 Å². The molecule has 0 saturated heterocycles. The first-order chi connectivity index (χ1) is 17.0. The highest BCUT2D eigenvalue weighted by atomic mass is 16.5. The summed E-state index contributed by atoms with van der Waals surface area (Å²) >= 11 is 0. The SMILES string of the molecule is COc1ccc(-c2cc3c(=O)n(Cc4nc(-c5ccccc5OC)oc4C)ccn3n2)cc1OC. The first kappa shape index (κ1) is 22.3. The van der Waals surface area contributed by atoms with Gasteiger partial charge < -0.3 is 23.2 Å². The van der Waals surface area contributed by atoms with Gasteiger partial charge in [0.25, 0.3) is 5.56 Å². The molecule has 0 radical (unpaired) electrons. The topological polar surface area (TPSA) is 93.0 Å². The molecule has 3 aromatic heterocycles. The van der Waals surface area contributed by atoms with Crippen molar-refractivity contribution in [2.45, 2.75) is 13.5 Å². The van der Waals surface area contributed by atoms with Crippen LogP contribution in [0.4, 0.5) is 0 Å². The minimum Gasteiger partial charge on any atom is -0.496 e. The van der Waals surface area contributed by atoms with E-state index in [9.17, 15) is 4.79 Å². The van der Waals surface area contributed by atoms with Gasteiger partial charge in [0.05, 0.1) is 39.1 Å². The molecule has 5 aromatic rings. The molecule has 0 spiro atoms. The van der Waals surface area contributed by atoms with Gasteiger partial charge in [0.1, 0.15) is 22.7 Å². The third-order valence-corrected chi connectivity index (χ3v) is 5.83. The van der Waals surface area contributed by atoms with E-state index in [1.54, 1.807) is 48.9 Å². The van der Waals surface area contributed by atoms with Crippen LogP contribution >= 0.6 is 0 Å². The zero-order valence-electron chi connectivity index (χ0n) is 19.8.